The summed E-state index contributed by atoms with van der Waals surface area (Å²) in [5, 5.41) is 12.5. The molecule has 3 rings (SSSR count). The fraction of sp³-hybridized carbons (Fsp3) is 0.300. The maximum absolute atomic E-state index is 12.7. The number of ketones is 1. The lowest BCUT2D eigenvalue weighted by molar-refractivity contribution is 0.101. The Morgan fingerprint density at radius 3 is 2.48 bits per heavy atom. The molecule has 2 aromatic carbocycles. The van der Waals surface area contributed by atoms with Gasteiger partial charge in [0, 0.05) is 24.3 Å². The maximum Gasteiger partial charge on any atom is 0.322 e. The summed E-state index contributed by atoms with van der Waals surface area (Å²) in [4.78, 5) is 25.8. The molecule has 2 N–H and O–H groups in total. The third-order valence-electron chi connectivity index (χ3n) is 4.29. The van der Waals surface area contributed by atoms with E-state index in [2.05, 4.69) is 5.32 Å². The minimum Gasteiger partial charge on any atom is -0.508 e. The molecule has 0 atom stereocenters. The number of nitrogens with one attached hydrogen (secondary N) is 1. The Balaban J connectivity index is 1.69. The molecule has 1 fully saturated rings. The number of Topliss-reactive ketones (excluding diaryl/α,β-unsaturated/α-hetero) is 1. The summed E-state index contributed by atoms with van der Waals surface area (Å²) in [6, 6.07) is 13.7. The van der Waals surface area contributed by atoms with Crippen LogP contribution in [0.15, 0.2) is 48.5 Å². The first-order chi connectivity index (χ1) is 12.0. The van der Waals surface area contributed by atoms with Crippen molar-refractivity contribution in [2.45, 2.75) is 26.3 Å². The van der Waals surface area contributed by atoms with Crippen molar-refractivity contribution < 1.29 is 14.7 Å². The van der Waals surface area contributed by atoms with Crippen molar-refractivity contribution in [3.8, 4) is 5.75 Å². The number of nitrogens with zero attached hydrogens (tertiary/aromatic N) is 1. The van der Waals surface area contributed by atoms with Crippen LogP contribution in [0.2, 0.25) is 0 Å². The zero-order chi connectivity index (χ0) is 17.8. The van der Waals surface area contributed by atoms with E-state index in [9.17, 15) is 14.7 Å². The molecule has 2 aromatic rings. The van der Waals surface area contributed by atoms with Crippen LogP contribution in [0.1, 0.15) is 35.7 Å². The molecule has 25 heavy (non-hydrogen) atoms. The van der Waals surface area contributed by atoms with Crippen LogP contribution in [0.5, 0.6) is 5.75 Å². The SMILES string of the molecule is CC(=O)c1ccc(NC(=O)N(Cc2cccc(O)c2)CC2CC2)cc1. The predicted octanol–water partition coefficient (Wildman–Crippen LogP) is 4.04. The number of aromatic hydroxyl groups is 1. The smallest absolute Gasteiger partial charge is 0.322 e. The van der Waals surface area contributed by atoms with Gasteiger partial charge < -0.3 is 15.3 Å². The highest BCUT2D eigenvalue weighted by molar-refractivity contribution is 5.95. The van der Waals surface area contributed by atoms with Crippen molar-refractivity contribution in [2.24, 2.45) is 5.92 Å². The van der Waals surface area contributed by atoms with E-state index in [1.54, 1.807) is 47.4 Å². The van der Waals surface area contributed by atoms with Crippen LogP contribution in [-0.2, 0) is 6.54 Å². The van der Waals surface area contributed by atoms with Gasteiger partial charge in [0.1, 0.15) is 5.75 Å². The molecule has 1 aliphatic rings. The number of hydrogen-bond donors (Lipinski definition) is 2. The number of carbonyl (C=O) groups is 2. The number of carbonyl (C=O) groups excluding carboxylic acids is 2. The van der Waals surface area contributed by atoms with Crippen molar-refractivity contribution >= 4 is 17.5 Å². The molecular weight excluding hydrogens is 316 g/mol. The average molecular weight is 338 g/mol. The Hall–Kier alpha value is -2.82. The molecule has 5 heteroatoms. The van der Waals surface area contributed by atoms with Gasteiger partial charge in [-0.3, -0.25) is 4.79 Å². The maximum atomic E-state index is 12.7. The first kappa shape index (κ1) is 17.0. The lowest BCUT2D eigenvalue weighted by Crippen LogP contribution is -2.36. The lowest BCUT2D eigenvalue weighted by atomic mass is 10.1. The van der Waals surface area contributed by atoms with Crippen molar-refractivity contribution in [1.29, 1.82) is 0 Å². The van der Waals surface area contributed by atoms with Gasteiger partial charge >= 0.3 is 6.03 Å². The molecule has 0 spiro atoms. The molecule has 1 saturated carbocycles. The predicted molar refractivity (Wildman–Crippen MR) is 96.7 cm³/mol. The van der Waals surface area contributed by atoms with Crippen LogP contribution in [0.25, 0.3) is 0 Å². The monoisotopic (exact) mass is 338 g/mol. The molecule has 2 amide bonds. The van der Waals surface area contributed by atoms with Crippen LogP contribution >= 0.6 is 0 Å². The minimum absolute atomic E-state index is 0.00267. The fourth-order valence-electron chi connectivity index (χ4n) is 2.70. The van der Waals surface area contributed by atoms with E-state index in [4.69, 9.17) is 0 Å². The largest absolute Gasteiger partial charge is 0.508 e. The van der Waals surface area contributed by atoms with E-state index in [0.717, 1.165) is 18.4 Å². The second-order valence-corrected chi connectivity index (χ2v) is 6.56. The highest BCUT2D eigenvalue weighted by Gasteiger charge is 2.27. The topological polar surface area (TPSA) is 69.6 Å². The van der Waals surface area contributed by atoms with E-state index in [-0.39, 0.29) is 17.6 Å². The molecule has 0 heterocycles. The van der Waals surface area contributed by atoms with Gasteiger partial charge in [0.05, 0.1) is 0 Å². The van der Waals surface area contributed by atoms with Gasteiger partial charge in [-0.2, -0.15) is 0 Å². The number of anilines is 1. The third kappa shape index (κ3) is 4.83. The summed E-state index contributed by atoms with van der Waals surface area (Å²) in [6.45, 7) is 2.66. The van der Waals surface area contributed by atoms with E-state index < -0.39 is 0 Å². The standard InChI is InChI=1S/C20H22N2O3/c1-14(23)17-7-9-18(10-8-17)21-20(25)22(12-15-5-6-15)13-16-3-2-4-19(24)11-16/h2-4,7-11,15,24H,5-6,12-13H2,1H3,(H,21,25). The van der Waals surface area contributed by atoms with Crippen molar-refractivity contribution in [3.05, 3.63) is 59.7 Å². The quantitative estimate of drug-likeness (QED) is 0.781. The van der Waals surface area contributed by atoms with Gasteiger partial charge in [0.25, 0.3) is 0 Å². The molecule has 0 unspecified atom stereocenters. The number of amides is 2. The van der Waals surface area contributed by atoms with Gasteiger partial charge in [0.15, 0.2) is 5.78 Å². The molecule has 0 bridgehead atoms. The molecule has 5 nitrogen and oxygen atoms in total. The van der Waals surface area contributed by atoms with Gasteiger partial charge in [-0.25, -0.2) is 4.79 Å². The van der Waals surface area contributed by atoms with E-state index in [1.165, 1.54) is 6.92 Å². The van der Waals surface area contributed by atoms with Crippen LogP contribution < -0.4 is 5.32 Å². The Kier molecular flexibility index (Phi) is 5.03. The highest BCUT2D eigenvalue weighted by Crippen LogP contribution is 2.30. The average Bonchev–Trinajstić information content (AvgIpc) is 3.39. The van der Waals surface area contributed by atoms with E-state index in [1.807, 2.05) is 6.07 Å². The van der Waals surface area contributed by atoms with Gasteiger partial charge in [-0.15, -0.1) is 0 Å². The number of phenolic OH excluding ortho intramolecular Hbond substituents is 1. The van der Waals surface area contributed by atoms with Crippen LogP contribution in [-0.4, -0.2) is 28.4 Å². The first-order valence-corrected chi connectivity index (χ1v) is 8.46. The Bertz CT molecular complexity index is 767. The molecule has 0 radical (unpaired) electrons. The number of phenols is 1. The zero-order valence-electron chi connectivity index (χ0n) is 14.2. The van der Waals surface area contributed by atoms with Crippen LogP contribution in [0.3, 0.4) is 0 Å². The van der Waals surface area contributed by atoms with Gasteiger partial charge in [0.2, 0.25) is 0 Å². The molecule has 0 aliphatic heterocycles. The van der Waals surface area contributed by atoms with E-state index in [0.29, 0.717) is 30.3 Å². The summed E-state index contributed by atoms with van der Waals surface area (Å²) < 4.78 is 0. The summed E-state index contributed by atoms with van der Waals surface area (Å²) in [5.41, 5.74) is 2.17. The number of urea groups is 1. The second kappa shape index (κ2) is 7.38. The van der Waals surface area contributed by atoms with Crippen LogP contribution in [0.4, 0.5) is 10.5 Å². The number of rotatable bonds is 6. The summed E-state index contributed by atoms with van der Waals surface area (Å²) >= 11 is 0. The minimum atomic E-state index is -0.175. The van der Waals surface area contributed by atoms with Crippen molar-refractivity contribution in [3.63, 3.8) is 0 Å². The van der Waals surface area contributed by atoms with Gasteiger partial charge in [-0.05, 0) is 67.6 Å². The fourth-order valence-corrected chi connectivity index (χ4v) is 2.70. The normalized spacial score (nSPS) is 13.3. The first-order valence-electron chi connectivity index (χ1n) is 8.46. The number of benzene rings is 2. The Morgan fingerprint density at radius 1 is 1.16 bits per heavy atom. The Morgan fingerprint density at radius 2 is 1.88 bits per heavy atom. The molecule has 0 saturated heterocycles. The zero-order valence-corrected chi connectivity index (χ0v) is 14.2. The van der Waals surface area contributed by atoms with Crippen molar-refractivity contribution in [1.82, 2.24) is 4.90 Å². The summed E-state index contributed by atoms with van der Waals surface area (Å²) in [5.74, 6) is 0.754. The summed E-state index contributed by atoms with van der Waals surface area (Å²) in [6.07, 6.45) is 2.30. The molecular formula is C20H22N2O3. The molecule has 0 aromatic heterocycles. The number of hydrogen-bond acceptors (Lipinski definition) is 3. The van der Waals surface area contributed by atoms with Crippen molar-refractivity contribution in [2.75, 3.05) is 11.9 Å². The third-order valence-corrected chi connectivity index (χ3v) is 4.29. The lowest BCUT2D eigenvalue weighted by Gasteiger charge is -2.23. The second-order valence-electron chi connectivity index (χ2n) is 6.56. The summed E-state index contributed by atoms with van der Waals surface area (Å²) in [7, 11) is 0. The van der Waals surface area contributed by atoms with Crippen LogP contribution in [0, 0.1) is 5.92 Å². The molecule has 1 aliphatic carbocycles. The van der Waals surface area contributed by atoms with E-state index >= 15 is 0 Å². The highest BCUT2D eigenvalue weighted by atomic mass is 16.3. The molecule has 130 valence electrons. The Labute approximate surface area is 147 Å². The van der Waals surface area contributed by atoms with Gasteiger partial charge in [-0.1, -0.05) is 12.1 Å².